The molecule has 1 fully saturated rings. The van der Waals surface area contributed by atoms with Crippen LogP contribution in [-0.2, 0) is 14.6 Å². The number of carbonyl (C=O) groups is 1. The average Bonchev–Trinajstić information content (AvgIpc) is 2.44. The number of nitrogens with zero attached hydrogens (tertiary/aromatic N) is 3. The zero-order valence-corrected chi connectivity index (χ0v) is 16.5. The van der Waals surface area contributed by atoms with Crippen LogP contribution in [0.15, 0.2) is 11.2 Å². The van der Waals surface area contributed by atoms with Crippen LogP contribution in [0.4, 0.5) is 4.79 Å². The summed E-state index contributed by atoms with van der Waals surface area (Å²) in [5.74, 6) is -0.244. The third kappa shape index (κ3) is 5.54. The zero-order valence-electron chi connectivity index (χ0n) is 15.0. The predicted molar refractivity (Wildman–Crippen MR) is 94.4 cm³/mol. The number of hydrogen-bond acceptors (Lipinski definition) is 6. The predicted octanol–water partition coefficient (Wildman–Crippen LogP) is 3.00. The number of halogens is 1. The molecule has 1 amide bonds. The van der Waals surface area contributed by atoms with Crippen molar-refractivity contribution in [3.8, 4) is 0 Å². The van der Waals surface area contributed by atoms with Crippen molar-refractivity contribution in [3.63, 3.8) is 0 Å². The molecule has 0 spiro atoms. The summed E-state index contributed by atoms with van der Waals surface area (Å²) in [4.78, 5) is 21.7. The number of aromatic nitrogens is 2. The molecule has 1 atom stereocenters. The summed E-state index contributed by atoms with van der Waals surface area (Å²) in [6.45, 7) is 7.47. The molecular weight excluding hydrogens is 366 g/mol. The normalized spacial score (nSPS) is 18.9. The molecule has 1 aliphatic heterocycles. The fraction of sp³-hybridized carbons (Fsp3) is 0.688. The van der Waals surface area contributed by atoms with Crippen molar-refractivity contribution in [1.82, 2.24) is 14.9 Å². The van der Waals surface area contributed by atoms with Gasteiger partial charge >= 0.3 is 6.09 Å². The number of amides is 1. The Morgan fingerprint density at radius 3 is 2.64 bits per heavy atom. The smallest absolute Gasteiger partial charge is 0.410 e. The lowest BCUT2D eigenvalue weighted by Crippen LogP contribution is -2.49. The Morgan fingerprint density at radius 2 is 2.04 bits per heavy atom. The molecule has 0 unspecified atom stereocenters. The first-order valence-electron chi connectivity index (χ1n) is 8.21. The minimum atomic E-state index is -3.77. The first-order chi connectivity index (χ1) is 11.5. The summed E-state index contributed by atoms with van der Waals surface area (Å²) in [7, 11) is -3.77. The van der Waals surface area contributed by atoms with E-state index in [-0.39, 0.29) is 16.1 Å². The Balaban J connectivity index is 2.21. The number of carbonyl (C=O) groups excluding carboxylic acids is 1. The molecule has 7 nitrogen and oxygen atoms in total. The SMILES string of the molecule is Cc1cc(Cl)nc(S(=O)(=O)C[C@@H]2CCCCN2C(=O)OC(C)(C)C)n1. The summed E-state index contributed by atoms with van der Waals surface area (Å²) < 4.78 is 30.8. The fourth-order valence-corrected chi connectivity index (χ4v) is 4.52. The van der Waals surface area contributed by atoms with Gasteiger partial charge in [-0.15, -0.1) is 0 Å². The van der Waals surface area contributed by atoms with E-state index in [2.05, 4.69) is 9.97 Å². The second-order valence-corrected chi connectivity index (χ2v) is 9.53. The second kappa shape index (κ2) is 7.45. The maximum Gasteiger partial charge on any atom is 0.410 e. The highest BCUT2D eigenvalue weighted by atomic mass is 35.5. The Labute approximate surface area is 153 Å². The number of hydrogen-bond donors (Lipinski definition) is 0. The largest absolute Gasteiger partial charge is 0.444 e. The first-order valence-corrected chi connectivity index (χ1v) is 10.2. The number of sulfone groups is 1. The first kappa shape index (κ1) is 19.9. The summed E-state index contributed by atoms with van der Waals surface area (Å²) >= 11 is 5.85. The highest BCUT2D eigenvalue weighted by Crippen LogP contribution is 2.23. The van der Waals surface area contributed by atoms with Gasteiger partial charge in [0.25, 0.3) is 0 Å². The van der Waals surface area contributed by atoms with Gasteiger partial charge in [-0.2, -0.15) is 0 Å². The molecule has 9 heteroatoms. The van der Waals surface area contributed by atoms with Crippen LogP contribution in [0.2, 0.25) is 5.15 Å². The van der Waals surface area contributed by atoms with E-state index >= 15 is 0 Å². The summed E-state index contributed by atoms with van der Waals surface area (Å²) in [6.07, 6.45) is 1.78. The van der Waals surface area contributed by atoms with Crippen molar-refractivity contribution in [2.24, 2.45) is 0 Å². The van der Waals surface area contributed by atoms with E-state index in [0.717, 1.165) is 12.8 Å². The van der Waals surface area contributed by atoms with Gasteiger partial charge in [-0.05, 0) is 53.0 Å². The Kier molecular flexibility index (Phi) is 5.93. The monoisotopic (exact) mass is 389 g/mol. The standard InChI is InChI=1S/C16H24ClN3O4S/c1-11-9-13(17)19-14(18-11)25(22,23)10-12-7-5-6-8-20(12)15(21)24-16(2,3)4/h9,12H,5-8,10H2,1-4H3/t12-/m0/s1. The van der Waals surface area contributed by atoms with E-state index in [4.69, 9.17) is 16.3 Å². The number of ether oxygens (including phenoxy) is 1. The molecule has 0 aromatic carbocycles. The van der Waals surface area contributed by atoms with Crippen LogP contribution < -0.4 is 0 Å². The van der Waals surface area contributed by atoms with Gasteiger partial charge in [-0.3, -0.25) is 0 Å². The van der Waals surface area contributed by atoms with E-state index in [9.17, 15) is 13.2 Å². The molecule has 1 aliphatic rings. The molecule has 140 valence electrons. The van der Waals surface area contributed by atoms with Crippen molar-refractivity contribution < 1.29 is 17.9 Å². The number of piperidine rings is 1. The number of rotatable bonds is 3. The van der Waals surface area contributed by atoms with Crippen LogP contribution in [0.25, 0.3) is 0 Å². The third-order valence-corrected chi connectivity index (χ3v) is 5.50. The second-order valence-electron chi connectivity index (χ2n) is 7.22. The lowest BCUT2D eigenvalue weighted by Gasteiger charge is -2.36. The lowest BCUT2D eigenvalue weighted by atomic mass is 10.0. The highest BCUT2D eigenvalue weighted by molar-refractivity contribution is 7.91. The van der Waals surface area contributed by atoms with Gasteiger partial charge in [-0.1, -0.05) is 11.6 Å². The summed E-state index contributed by atoms with van der Waals surface area (Å²) in [5, 5.41) is -0.217. The molecule has 1 aromatic rings. The van der Waals surface area contributed by atoms with E-state index in [0.29, 0.717) is 18.7 Å². The van der Waals surface area contributed by atoms with Gasteiger partial charge in [0.05, 0.1) is 5.75 Å². The zero-order chi connectivity index (χ0) is 18.8. The van der Waals surface area contributed by atoms with Crippen LogP contribution in [0, 0.1) is 6.92 Å². The maximum atomic E-state index is 12.7. The summed E-state index contributed by atoms with van der Waals surface area (Å²) in [5.41, 5.74) is -0.156. The number of aryl methyl sites for hydroxylation is 1. The summed E-state index contributed by atoms with van der Waals surface area (Å²) in [6, 6.07) is 1.03. The van der Waals surface area contributed by atoms with Crippen molar-refractivity contribution >= 4 is 27.5 Å². The molecule has 0 bridgehead atoms. The lowest BCUT2D eigenvalue weighted by molar-refractivity contribution is 0.0124. The van der Waals surface area contributed by atoms with E-state index in [1.807, 2.05) is 0 Å². The molecule has 2 heterocycles. The molecule has 0 saturated carbocycles. The van der Waals surface area contributed by atoms with E-state index in [1.54, 1.807) is 27.7 Å². The van der Waals surface area contributed by atoms with Gasteiger partial charge in [0.1, 0.15) is 10.8 Å². The molecular formula is C16H24ClN3O4S. The van der Waals surface area contributed by atoms with Gasteiger partial charge in [0, 0.05) is 18.3 Å². The molecule has 2 rings (SSSR count). The van der Waals surface area contributed by atoms with Crippen LogP contribution in [-0.4, -0.2) is 53.3 Å². The highest BCUT2D eigenvalue weighted by Gasteiger charge is 2.35. The van der Waals surface area contributed by atoms with Crippen LogP contribution >= 0.6 is 11.6 Å². The topological polar surface area (TPSA) is 89.5 Å². The minimum Gasteiger partial charge on any atom is -0.444 e. The van der Waals surface area contributed by atoms with Crippen molar-refractivity contribution in [3.05, 3.63) is 16.9 Å². The quantitative estimate of drug-likeness (QED) is 0.583. The van der Waals surface area contributed by atoms with Crippen molar-refractivity contribution in [2.75, 3.05) is 12.3 Å². The minimum absolute atomic E-state index is 0.0821. The molecule has 25 heavy (non-hydrogen) atoms. The van der Waals surface area contributed by atoms with Crippen molar-refractivity contribution in [1.29, 1.82) is 0 Å². The van der Waals surface area contributed by atoms with Gasteiger partial charge < -0.3 is 9.64 Å². The molecule has 0 radical (unpaired) electrons. The third-order valence-electron chi connectivity index (χ3n) is 3.75. The fourth-order valence-electron chi connectivity index (χ4n) is 2.71. The Morgan fingerprint density at radius 1 is 1.36 bits per heavy atom. The molecule has 0 aliphatic carbocycles. The van der Waals surface area contributed by atoms with Crippen LogP contribution in [0.5, 0.6) is 0 Å². The average molecular weight is 390 g/mol. The Hall–Kier alpha value is -1.41. The van der Waals surface area contributed by atoms with Crippen LogP contribution in [0.1, 0.15) is 45.7 Å². The molecule has 0 N–H and O–H groups in total. The van der Waals surface area contributed by atoms with E-state index in [1.165, 1.54) is 11.0 Å². The number of likely N-dealkylation sites (tertiary alicyclic amines) is 1. The van der Waals surface area contributed by atoms with Crippen LogP contribution in [0.3, 0.4) is 0 Å². The molecule has 1 aromatic heterocycles. The Bertz CT molecular complexity index is 726. The van der Waals surface area contributed by atoms with Gasteiger partial charge in [0.2, 0.25) is 15.0 Å². The van der Waals surface area contributed by atoms with Gasteiger partial charge in [0.15, 0.2) is 0 Å². The van der Waals surface area contributed by atoms with Crippen molar-refractivity contribution in [2.45, 2.75) is 63.8 Å². The maximum absolute atomic E-state index is 12.7. The van der Waals surface area contributed by atoms with Gasteiger partial charge in [-0.25, -0.2) is 23.2 Å². The van der Waals surface area contributed by atoms with E-state index < -0.39 is 27.6 Å². The molecule has 1 saturated heterocycles.